The lowest BCUT2D eigenvalue weighted by atomic mass is 10.2. The minimum atomic E-state index is -1.05. The highest BCUT2D eigenvalue weighted by molar-refractivity contribution is 9.10. The number of carboxylic acid groups (broad SMARTS) is 1. The largest absolute Gasteiger partial charge is 0.483 e. The average Bonchev–Trinajstić information content (AvgIpc) is 2.37. The van der Waals surface area contributed by atoms with E-state index >= 15 is 0 Å². The second-order valence-electron chi connectivity index (χ2n) is 3.58. The summed E-state index contributed by atoms with van der Waals surface area (Å²) in [5.41, 5.74) is 0.0954. The lowest BCUT2D eigenvalue weighted by molar-refractivity contribution is -0.123. The highest BCUT2D eigenvalue weighted by atomic mass is 79.9. The second kappa shape index (κ2) is 7.75. The molecule has 0 aliphatic carbocycles. The topological polar surface area (TPSA) is 84.9 Å². The molecule has 104 valence electrons. The van der Waals surface area contributed by atoms with Crippen LogP contribution in [0.1, 0.15) is 10.4 Å². The minimum absolute atomic E-state index is 0.0954. The SMILES string of the molecule is COCCNC(=O)COc1cc(C(=O)O)ccc1Br. The monoisotopic (exact) mass is 331 g/mol. The van der Waals surface area contributed by atoms with Crippen molar-refractivity contribution in [1.82, 2.24) is 5.32 Å². The number of carbonyl (C=O) groups excluding carboxylic acids is 1. The van der Waals surface area contributed by atoms with Crippen LogP contribution in [0.3, 0.4) is 0 Å². The van der Waals surface area contributed by atoms with Crippen LogP contribution in [0.2, 0.25) is 0 Å². The molecule has 0 fully saturated rings. The number of benzene rings is 1. The van der Waals surface area contributed by atoms with Crippen molar-refractivity contribution in [2.24, 2.45) is 0 Å². The number of halogens is 1. The van der Waals surface area contributed by atoms with Gasteiger partial charge in [0.05, 0.1) is 16.6 Å². The van der Waals surface area contributed by atoms with Gasteiger partial charge in [0.2, 0.25) is 0 Å². The molecule has 1 aromatic rings. The van der Waals surface area contributed by atoms with Crippen LogP contribution in [0.4, 0.5) is 0 Å². The van der Waals surface area contributed by atoms with E-state index in [1.807, 2.05) is 0 Å². The van der Waals surface area contributed by atoms with Crippen LogP contribution >= 0.6 is 15.9 Å². The van der Waals surface area contributed by atoms with Gasteiger partial charge in [0.15, 0.2) is 6.61 Å². The maximum Gasteiger partial charge on any atom is 0.335 e. The number of carbonyl (C=O) groups is 2. The number of rotatable bonds is 7. The van der Waals surface area contributed by atoms with Gasteiger partial charge in [-0.2, -0.15) is 0 Å². The zero-order valence-electron chi connectivity index (χ0n) is 10.3. The summed E-state index contributed by atoms with van der Waals surface area (Å²) in [4.78, 5) is 22.2. The zero-order chi connectivity index (χ0) is 14.3. The second-order valence-corrected chi connectivity index (χ2v) is 4.44. The fourth-order valence-corrected chi connectivity index (χ4v) is 1.59. The van der Waals surface area contributed by atoms with Crippen molar-refractivity contribution in [3.63, 3.8) is 0 Å². The van der Waals surface area contributed by atoms with E-state index in [1.165, 1.54) is 19.2 Å². The molecule has 7 heteroatoms. The third-order valence-electron chi connectivity index (χ3n) is 2.17. The molecular formula is C12H14BrNO5. The van der Waals surface area contributed by atoms with Crippen LogP contribution in [0.5, 0.6) is 5.75 Å². The summed E-state index contributed by atoms with van der Waals surface area (Å²) < 4.78 is 10.6. The normalized spacial score (nSPS) is 10.0. The molecule has 1 rings (SSSR count). The Morgan fingerprint density at radius 1 is 1.42 bits per heavy atom. The van der Waals surface area contributed by atoms with E-state index in [4.69, 9.17) is 14.6 Å². The van der Waals surface area contributed by atoms with Gasteiger partial charge in [0.1, 0.15) is 5.75 Å². The quantitative estimate of drug-likeness (QED) is 0.735. The van der Waals surface area contributed by atoms with Gasteiger partial charge in [-0.15, -0.1) is 0 Å². The summed E-state index contributed by atoms with van der Waals surface area (Å²) in [5.74, 6) is -1.05. The van der Waals surface area contributed by atoms with E-state index in [0.29, 0.717) is 23.4 Å². The Bertz CT molecular complexity index is 463. The van der Waals surface area contributed by atoms with Crippen molar-refractivity contribution in [1.29, 1.82) is 0 Å². The molecule has 1 amide bonds. The summed E-state index contributed by atoms with van der Waals surface area (Å²) in [7, 11) is 1.54. The first-order chi connectivity index (χ1) is 9.04. The Labute approximate surface area is 118 Å². The molecule has 0 heterocycles. The van der Waals surface area contributed by atoms with Crippen molar-refractivity contribution in [3.8, 4) is 5.75 Å². The number of ether oxygens (including phenoxy) is 2. The number of methoxy groups -OCH3 is 1. The standard InChI is InChI=1S/C12H14BrNO5/c1-18-5-4-14-11(15)7-19-10-6-8(12(16)17)2-3-9(10)13/h2-3,6H,4-5,7H2,1H3,(H,14,15)(H,16,17). The number of hydrogen-bond acceptors (Lipinski definition) is 4. The van der Waals surface area contributed by atoms with Gasteiger partial charge in [-0.3, -0.25) is 4.79 Å². The fourth-order valence-electron chi connectivity index (χ4n) is 1.23. The Balaban J connectivity index is 2.54. The van der Waals surface area contributed by atoms with Crippen molar-refractivity contribution in [2.45, 2.75) is 0 Å². The molecule has 0 aliphatic rings. The van der Waals surface area contributed by atoms with Crippen molar-refractivity contribution in [3.05, 3.63) is 28.2 Å². The molecule has 6 nitrogen and oxygen atoms in total. The smallest absolute Gasteiger partial charge is 0.335 e. The Morgan fingerprint density at radius 3 is 2.79 bits per heavy atom. The molecule has 0 spiro atoms. The average molecular weight is 332 g/mol. The number of carboxylic acids is 1. The maximum absolute atomic E-state index is 11.4. The number of aromatic carboxylic acids is 1. The van der Waals surface area contributed by atoms with Gasteiger partial charge >= 0.3 is 5.97 Å². The molecule has 2 N–H and O–H groups in total. The number of hydrogen-bond donors (Lipinski definition) is 2. The van der Waals surface area contributed by atoms with Gasteiger partial charge in [-0.05, 0) is 34.1 Å². The number of amides is 1. The highest BCUT2D eigenvalue weighted by Crippen LogP contribution is 2.26. The molecule has 1 aromatic carbocycles. The van der Waals surface area contributed by atoms with Gasteiger partial charge < -0.3 is 19.9 Å². The number of nitrogens with one attached hydrogen (secondary N) is 1. The fraction of sp³-hybridized carbons (Fsp3) is 0.333. The molecule has 19 heavy (non-hydrogen) atoms. The van der Waals surface area contributed by atoms with Gasteiger partial charge in [0.25, 0.3) is 5.91 Å². The molecule has 0 saturated heterocycles. The predicted molar refractivity (Wildman–Crippen MR) is 71.5 cm³/mol. The van der Waals surface area contributed by atoms with Crippen LogP contribution < -0.4 is 10.1 Å². The molecule has 0 unspecified atom stereocenters. The summed E-state index contributed by atoms with van der Waals surface area (Å²) in [5, 5.41) is 11.4. The van der Waals surface area contributed by atoms with Crippen LogP contribution in [0.15, 0.2) is 22.7 Å². The molecular weight excluding hydrogens is 318 g/mol. The maximum atomic E-state index is 11.4. The lowest BCUT2D eigenvalue weighted by Crippen LogP contribution is -2.31. The van der Waals surface area contributed by atoms with E-state index in [-0.39, 0.29) is 18.1 Å². The lowest BCUT2D eigenvalue weighted by Gasteiger charge is -2.09. The van der Waals surface area contributed by atoms with Crippen LogP contribution in [0, 0.1) is 0 Å². The van der Waals surface area contributed by atoms with Crippen molar-refractivity contribution >= 4 is 27.8 Å². The Hall–Kier alpha value is -1.60. The van der Waals surface area contributed by atoms with Crippen LogP contribution in [0.25, 0.3) is 0 Å². The first-order valence-corrected chi connectivity index (χ1v) is 6.25. The highest BCUT2D eigenvalue weighted by Gasteiger charge is 2.09. The van der Waals surface area contributed by atoms with Crippen molar-refractivity contribution < 1.29 is 24.2 Å². The third kappa shape index (κ3) is 5.27. The zero-order valence-corrected chi connectivity index (χ0v) is 11.9. The minimum Gasteiger partial charge on any atom is -0.483 e. The molecule has 0 radical (unpaired) electrons. The molecule has 0 atom stereocenters. The van der Waals surface area contributed by atoms with E-state index < -0.39 is 5.97 Å². The molecule has 0 bridgehead atoms. The molecule has 0 aromatic heterocycles. The van der Waals surface area contributed by atoms with Gasteiger partial charge in [-0.1, -0.05) is 0 Å². The van der Waals surface area contributed by atoms with Gasteiger partial charge in [0, 0.05) is 13.7 Å². The van der Waals surface area contributed by atoms with E-state index in [1.54, 1.807) is 6.07 Å². The third-order valence-corrected chi connectivity index (χ3v) is 2.82. The summed E-state index contributed by atoms with van der Waals surface area (Å²) >= 11 is 3.22. The van der Waals surface area contributed by atoms with Crippen LogP contribution in [-0.2, 0) is 9.53 Å². The Kier molecular flexibility index (Phi) is 6.31. The summed E-state index contributed by atoms with van der Waals surface area (Å²) in [6.45, 7) is 0.629. The van der Waals surface area contributed by atoms with E-state index in [2.05, 4.69) is 21.2 Å². The predicted octanol–water partition coefficient (Wildman–Crippen LogP) is 1.29. The Morgan fingerprint density at radius 2 is 2.16 bits per heavy atom. The summed E-state index contributed by atoms with van der Waals surface area (Å²) in [6, 6.07) is 4.36. The van der Waals surface area contributed by atoms with E-state index in [9.17, 15) is 9.59 Å². The first-order valence-electron chi connectivity index (χ1n) is 5.46. The van der Waals surface area contributed by atoms with E-state index in [0.717, 1.165) is 0 Å². The van der Waals surface area contributed by atoms with Gasteiger partial charge in [-0.25, -0.2) is 4.79 Å². The summed E-state index contributed by atoms with van der Waals surface area (Å²) in [6.07, 6.45) is 0. The molecule has 0 aliphatic heterocycles. The van der Waals surface area contributed by atoms with Crippen molar-refractivity contribution in [2.75, 3.05) is 26.9 Å². The first kappa shape index (κ1) is 15.5. The molecule has 0 saturated carbocycles. The van der Waals surface area contributed by atoms with Crippen LogP contribution in [-0.4, -0.2) is 43.9 Å².